The summed E-state index contributed by atoms with van der Waals surface area (Å²) >= 11 is 0. The molecule has 4 nitrogen and oxygen atoms in total. The first-order valence-corrected chi connectivity index (χ1v) is 3.10. The highest BCUT2D eigenvalue weighted by molar-refractivity contribution is 5.74. The molecule has 0 aliphatic rings. The first-order chi connectivity index (χ1) is 4.41. The number of carbonyl (C=O) groups is 1. The molecule has 0 heterocycles. The Morgan fingerprint density at radius 1 is 1.70 bits per heavy atom. The van der Waals surface area contributed by atoms with Gasteiger partial charge in [0.15, 0.2) is 0 Å². The smallest absolute Gasteiger partial charge is 0.321 e. The molecule has 0 bridgehead atoms. The van der Waals surface area contributed by atoms with E-state index in [9.17, 15) is 4.79 Å². The summed E-state index contributed by atoms with van der Waals surface area (Å²) < 4.78 is 0. The molecule has 0 aromatic heterocycles. The van der Waals surface area contributed by atoms with Crippen molar-refractivity contribution in [2.45, 2.75) is 19.9 Å². The fourth-order valence-corrected chi connectivity index (χ4v) is 0.461. The predicted molar refractivity (Wildman–Crippen MR) is 38.4 cm³/mol. The Morgan fingerprint density at radius 3 is 2.20 bits per heavy atom. The number of hydrogen-bond acceptors (Lipinski definition) is 3. The summed E-state index contributed by atoms with van der Waals surface area (Å²) in [5.74, 6) is -1.00. The monoisotopic (exact) mass is 146 g/mol. The van der Waals surface area contributed by atoms with Crippen molar-refractivity contribution in [2.24, 2.45) is 16.9 Å². The molecule has 0 spiro atoms. The van der Waals surface area contributed by atoms with Crippen LogP contribution in [0.25, 0.3) is 0 Å². The zero-order chi connectivity index (χ0) is 8.36. The summed E-state index contributed by atoms with van der Waals surface area (Å²) in [4.78, 5) is 10.3. The van der Waals surface area contributed by atoms with Crippen LogP contribution in [0, 0.1) is 5.41 Å². The molecule has 4 heteroatoms. The third-order valence-corrected chi connectivity index (χ3v) is 1.63. The van der Waals surface area contributed by atoms with Crippen LogP contribution in [0.4, 0.5) is 0 Å². The summed E-state index contributed by atoms with van der Waals surface area (Å²) in [6.45, 7) is 3.73. The summed E-state index contributed by atoms with van der Waals surface area (Å²) in [6, 6.07) is -0.877. The quantitative estimate of drug-likeness (QED) is 0.495. The Labute approximate surface area is 60.2 Å². The third-order valence-electron chi connectivity index (χ3n) is 1.63. The minimum absolute atomic E-state index is 0.278. The molecule has 60 valence electrons. The molecule has 1 unspecified atom stereocenters. The van der Waals surface area contributed by atoms with Gasteiger partial charge in [-0.3, -0.25) is 4.79 Å². The van der Waals surface area contributed by atoms with Gasteiger partial charge in [-0.2, -0.15) is 0 Å². The standard InChI is InChI=1S/C6H14N2O2/c1-6(2,3-7)4(8)5(9)10/h4H,3,7-8H2,1-2H3,(H,9,10). The molecule has 10 heavy (non-hydrogen) atoms. The lowest BCUT2D eigenvalue weighted by atomic mass is 9.85. The highest BCUT2D eigenvalue weighted by Gasteiger charge is 2.30. The van der Waals surface area contributed by atoms with Crippen LogP contribution < -0.4 is 11.5 Å². The first kappa shape index (κ1) is 9.39. The van der Waals surface area contributed by atoms with Crippen LogP contribution in [0.1, 0.15) is 13.8 Å². The van der Waals surface area contributed by atoms with Crippen molar-refractivity contribution in [1.82, 2.24) is 0 Å². The molecule has 0 aliphatic carbocycles. The number of carboxylic acid groups (broad SMARTS) is 1. The van der Waals surface area contributed by atoms with E-state index in [-0.39, 0.29) is 6.54 Å². The van der Waals surface area contributed by atoms with Gasteiger partial charge in [0.05, 0.1) is 0 Å². The van der Waals surface area contributed by atoms with Crippen LogP contribution in [-0.4, -0.2) is 23.7 Å². The zero-order valence-corrected chi connectivity index (χ0v) is 6.29. The molecule has 0 fully saturated rings. The number of aliphatic carboxylic acids is 1. The van der Waals surface area contributed by atoms with E-state index in [1.54, 1.807) is 13.8 Å². The summed E-state index contributed by atoms with van der Waals surface area (Å²) in [5.41, 5.74) is 10.1. The molecule has 0 aromatic carbocycles. The van der Waals surface area contributed by atoms with Crippen LogP contribution in [0.5, 0.6) is 0 Å². The van der Waals surface area contributed by atoms with Gasteiger partial charge in [0, 0.05) is 5.41 Å². The Bertz CT molecular complexity index is 134. The molecule has 0 amide bonds. The van der Waals surface area contributed by atoms with E-state index in [4.69, 9.17) is 16.6 Å². The maximum atomic E-state index is 10.3. The highest BCUT2D eigenvalue weighted by Crippen LogP contribution is 2.16. The SMILES string of the molecule is CC(C)(CN)C(N)C(=O)O. The molecule has 0 saturated heterocycles. The fraction of sp³-hybridized carbons (Fsp3) is 0.833. The van der Waals surface area contributed by atoms with E-state index in [0.29, 0.717) is 0 Å². The molecular weight excluding hydrogens is 132 g/mol. The van der Waals surface area contributed by atoms with Crippen LogP contribution in [0.2, 0.25) is 0 Å². The lowest BCUT2D eigenvalue weighted by Crippen LogP contribution is -2.47. The summed E-state index contributed by atoms with van der Waals surface area (Å²) in [5, 5.41) is 8.47. The van der Waals surface area contributed by atoms with E-state index in [1.165, 1.54) is 0 Å². The van der Waals surface area contributed by atoms with Crippen molar-refractivity contribution in [3.8, 4) is 0 Å². The number of carboxylic acids is 1. The van der Waals surface area contributed by atoms with Gasteiger partial charge >= 0.3 is 5.97 Å². The Kier molecular flexibility index (Phi) is 2.80. The third kappa shape index (κ3) is 1.97. The molecule has 0 rings (SSSR count). The maximum Gasteiger partial charge on any atom is 0.321 e. The van der Waals surface area contributed by atoms with Crippen LogP contribution >= 0.6 is 0 Å². The number of hydrogen-bond donors (Lipinski definition) is 3. The molecular formula is C6H14N2O2. The molecule has 5 N–H and O–H groups in total. The second-order valence-corrected chi connectivity index (χ2v) is 3.01. The van der Waals surface area contributed by atoms with Gasteiger partial charge in [0.1, 0.15) is 6.04 Å². The summed E-state index contributed by atoms with van der Waals surface area (Å²) in [7, 11) is 0. The van der Waals surface area contributed by atoms with Gasteiger partial charge in [0.25, 0.3) is 0 Å². The minimum Gasteiger partial charge on any atom is -0.480 e. The zero-order valence-electron chi connectivity index (χ0n) is 6.29. The maximum absolute atomic E-state index is 10.3. The highest BCUT2D eigenvalue weighted by atomic mass is 16.4. The molecule has 0 radical (unpaired) electrons. The van der Waals surface area contributed by atoms with E-state index >= 15 is 0 Å². The lowest BCUT2D eigenvalue weighted by molar-refractivity contribution is -0.141. The van der Waals surface area contributed by atoms with E-state index in [0.717, 1.165) is 0 Å². The second kappa shape index (κ2) is 2.98. The van der Waals surface area contributed by atoms with Gasteiger partial charge < -0.3 is 16.6 Å². The van der Waals surface area contributed by atoms with Gasteiger partial charge in [-0.05, 0) is 6.54 Å². The van der Waals surface area contributed by atoms with Crippen LogP contribution in [0.3, 0.4) is 0 Å². The molecule has 0 saturated carbocycles. The molecule has 0 aromatic rings. The van der Waals surface area contributed by atoms with Gasteiger partial charge in [-0.15, -0.1) is 0 Å². The van der Waals surface area contributed by atoms with E-state index in [1.807, 2.05) is 0 Å². The van der Waals surface area contributed by atoms with Crippen molar-refractivity contribution in [3.63, 3.8) is 0 Å². The van der Waals surface area contributed by atoms with Crippen molar-refractivity contribution in [3.05, 3.63) is 0 Å². The number of rotatable bonds is 3. The molecule has 0 aliphatic heterocycles. The lowest BCUT2D eigenvalue weighted by Gasteiger charge is -2.26. The predicted octanol–water partition coefficient (Wildman–Crippen LogP) is -0.617. The van der Waals surface area contributed by atoms with Crippen molar-refractivity contribution in [1.29, 1.82) is 0 Å². The fourth-order valence-electron chi connectivity index (χ4n) is 0.461. The average Bonchev–Trinajstić information content (AvgIpc) is 1.86. The van der Waals surface area contributed by atoms with Crippen LogP contribution in [0.15, 0.2) is 0 Å². The molecule has 1 atom stereocenters. The van der Waals surface area contributed by atoms with Gasteiger partial charge in [-0.25, -0.2) is 0 Å². The first-order valence-electron chi connectivity index (χ1n) is 3.10. The van der Waals surface area contributed by atoms with E-state index in [2.05, 4.69) is 0 Å². The van der Waals surface area contributed by atoms with Gasteiger partial charge in [0.2, 0.25) is 0 Å². The topological polar surface area (TPSA) is 89.3 Å². The average molecular weight is 146 g/mol. The van der Waals surface area contributed by atoms with Crippen LogP contribution in [-0.2, 0) is 4.79 Å². The van der Waals surface area contributed by atoms with Crippen molar-refractivity contribution in [2.75, 3.05) is 6.54 Å². The minimum atomic E-state index is -1.00. The second-order valence-electron chi connectivity index (χ2n) is 3.01. The summed E-state index contributed by atoms with van der Waals surface area (Å²) in [6.07, 6.45) is 0. The van der Waals surface area contributed by atoms with Crippen molar-refractivity contribution < 1.29 is 9.90 Å². The van der Waals surface area contributed by atoms with Crippen molar-refractivity contribution >= 4 is 5.97 Å². The van der Waals surface area contributed by atoms with Gasteiger partial charge in [-0.1, -0.05) is 13.8 Å². The number of nitrogens with two attached hydrogens (primary N) is 2. The Balaban J connectivity index is 4.17. The van der Waals surface area contributed by atoms with E-state index < -0.39 is 17.4 Å². The Hall–Kier alpha value is -0.610. The normalized spacial score (nSPS) is 14.8. The largest absolute Gasteiger partial charge is 0.480 e. The Morgan fingerprint density at radius 2 is 2.10 bits per heavy atom.